The van der Waals surface area contributed by atoms with Gasteiger partial charge in [-0.2, -0.15) is 0 Å². The largest absolute Gasteiger partial charge is 0.351 e. The van der Waals surface area contributed by atoms with E-state index >= 15 is 0 Å². The van der Waals surface area contributed by atoms with Crippen LogP contribution in [0.5, 0.6) is 0 Å². The van der Waals surface area contributed by atoms with Gasteiger partial charge in [0.15, 0.2) is 0 Å². The standard InChI is InChI=1S/C10H9N5O/c11-10(16)14-9-5-1-3-8(7-9)4-2-6-13-15-12/h1,3,5,7H,6H2,(H3,11,14,16). The quantitative estimate of drug-likeness (QED) is 0.334. The number of azide groups is 1. The van der Waals surface area contributed by atoms with Crippen molar-refractivity contribution in [2.75, 3.05) is 11.9 Å². The Labute approximate surface area is 92.1 Å². The lowest BCUT2D eigenvalue weighted by Crippen LogP contribution is -2.19. The van der Waals surface area contributed by atoms with Gasteiger partial charge in [-0.15, -0.1) is 0 Å². The Bertz CT molecular complexity index is 493. The molecule has 0 aliphatic rings. The molecule has 0 radical (unpaired) electrons. The first-order valence-electron chi connectivity index (χ1n) is 4.38. The first-order valence-corrected chi connectivity index (χ1v) is 4.38. The molecule has 0 unspecified atom stereocenters. The molecule has 1 aromatic rings. The summed E-state index contributed by atoms with van der Waals surface area (Å²) in [6.45, 7) is 0.115. The number of hydrogen-bond acceptors (Lipinski definition) is 2. The lowest BCUT2D eigenvalue weighted by atomic mass is 10.2. The van der Waals surface area contributed by atoms with Crippen LogP contribution >= 0.6 is 0 Å². The number of nitrogens with one attached hydrogen (secondary N) is 1. The number of carbonyl (C=O) groups excluding carboxylic acids is 1. The zero-order valence-corrected chi connectivity index (χ0v) is 8.34. The van der Waals surface area contributed by atoms with Crippen LogP contribution in [0.25, 0.3) is 10.4 Å². The van der Waals surface area contributed by atoms with Gasteiger partial charge < -0.3 is 11.1 Å². The van der Waals surface area contributed by atoms with E-state index in [1.807, 2.05) is 0 Å². The fraction of sp³-hybridized carbons (Fsp3) is 0.100. The van der Waals surface area contributed by atoms with Crippen molar-refractivity contribution in [2.45, 2.75) is 0 Å². The summed E-state index contributed by atoms with van der Waals surface area (Å²) in [6, 6.07) is 6.26. The van der Waals surface area contributed by atoms with E-state index in [0.29, 0.717) is 11.3 Å². The van der Waals surface area contributed by atoms with Crippen LogP contribution in [0.1, 0.15) is 5.56 Å². The summed E-state index contributed by atoms with van der Waals surface area (Å²) in [5.74, 6) is 5.45. The van der Waals surface area contributed by atoms with Crippen LogP contribution in [0.15, 0.2) is 29.4 Å². The number of benzene rings is 1. The number of carbonyl (C=O) groups is 1. The SMILES string of the molecule is [N-]=[N+]=NCC#Cc1cccc(NC(N)=O)c1. The van der Waals surface area contributed by atoms with Crippen LogP contribution < -0.4 is 11.1 Å². The van der Waals surface area contributed by atoms with E-state index in [0.717, 1.165) is 0 Å². The predicted molar refractivity (Wildman–Crippen MR) is 60.5 cm³/mol. The molecule has 0 aromatic heterocycles. The maximum absolute atomic E-state index is 10.6. The Balaban J connectivity index is 2.76. The normalized spacial score (nSPS) is 8.25. The van der Waals surface area contributed by atoms with Gasteiger partial charge in [-0.3, -0.25) is 0 Å². The van der Waals surface area contributed by atoms with E-state index in [-0.39, 0.29) is 6.54 Å². The summed E-state index contributed by atoms with van der Waals surface area (Å²) >= 11 is 0. The molecule has 80 valence electrons. The van der Waals surface area contributed by atoms with Crippen molar-refractivity contribution in [1.82, 2.24) is 0 Å². The smallest absolute Gasteiger partial charge is 0.316 e. The molecule has 0 aliphatic heterocycles. The summed E-state index contributed by atoms with van der Waals surface area (Å²) in [5, 5.41) is 5.71. The van der Waals surface area contributed by atoms with Crippen LogP contribution in [0.3, 0.4) is 0 Å². The van der Waals surface area contributed by atoms with Crippen molar-refractivity contribution in [3.63, 3.8) is 0 Å². The first-order chi connectivity index (χ1) is 7.72. The topological polar surface area (TPSA) is 104 Å². The minimum Gasteiger partial charge on any atom is -0.351 e. The Morgan fingerprint density at radius 1 is 1.62 bits per heavy atom. The molecule has 0 atom stereocenters. The second-order valence-electron chi connectivity index (χ2n) is 2.76. The first kappa shape index (κ1) is 11.4. The van der Waals surface area contributed by atoms with Crippen LogP contribution in [-0.4, -0.2) is 12.6 Å². The van der Waals surface area contributed by atoms with Gasteiger partial charge in [0, 0.05) is 16.2 Å². The number of hydrogen-bond donors (Lipinski definition) is 2. The van der Waals surface area contributed by atoms with Crippen molar-refractivity contribution in [3.05, 3.63) is 40.3 Å². The molecule has 0 aliphatic carbocycles. The zero-order chi connectivity index (χ0) is 11.8. The molecule has 1 rings (SSSR count). The van der Waals surface area contributed by atoms with E-state index in [2.05, 4.69) is 27.2 Å². The molecule has 2 amide bonds. The maximum Gasteiger partial charge on any atom is 0.316 e. The monoisotopic (exact) mass is 215 g/mol. The lowest BCUT2D eigenvalue weighted by Gasteiger charge is -2.00. The molecule has 0 fully saturated rings. The molecule has 3 N–H and O–H groups in total. The van der Waals surface area contributed by atoms with E-state index in [1.165, 1.54) is 0 Å². The van der Waals surface area contributed by atoms with Gasteiger partial charge in [-0.1, -0.05) is 23.0 Å². The number of anilines is 1. The van der Waals surface area contributed by atoms with Crippen molar-refractivity contribution in [2.24, 2.45) is 10.8 Å². The molecule has 6 heteroatoms. The lowest BCUT2D eigenvalue weighted by molar-refractivity contribution is 0.259. The molecule has 16 heavy (non-hydrogen) atoms. The Morgan fingerprint density at radius 3 is 3.12 bits per heavy atom. The summed E-state index contributed by atoms with van der Waals surface area (Å²) < 4.78 is 0. The highest BCUT2D eigenvalue weighted by Gasteiger charge is 1.95. The third kappa shape index (κ3) is 4.05. The van der Waals surface area contributed by atoms with Gasteiger partial charge in [0.1, 0.15) is 0 Å². The number of amides is 2. The highest BCUT2D eigenvalue weighted by molar-refractivity contribution is 5.87. The van der Waals surface area contributed by atoms with E-state index < -0.39 is 6.03 Å². The van der Waals surface area contributed by atoms with Crippen LogP contribution in [-0.2, 0) is 0 Å². The Hall–Kier alpha value is -2.64. The number of urea groups is 1. The zero-order valence-electron chi connectivity index (χ0n) is 8.34. The van der Waals surface area contributed by atoms with Crippen molar-refractivity contribution >= 4 is 11.7 Å². The van der Waals surface area contributed by atoms with Gasteiger partial charge >= 0.3 is 6.03 Å². The molecule has 0 saturated heterocycles. The maximum atomic E-state index is 10.6. The number of rotatable bonds is 2. The summed E-state index contributed by atoms with van der Waals surface area (Å²) in [7, 11) is 0. The third-order valence-corrected chi connectivity index (χ3v) is 1.58. The highest BCUT2D eigenvalue weighted by atomic mass is 16.2. The molecule has 0 saturated carbocycles. The molecule has 0 heterocycles. The molecular formula is C10H9N5O. The number of nitrogens with two attached hydrogens (primary N) is 1. The Kier molecular flexibility index (Phi) is 4.26. The van der Waals surface area contributed by atoms with Gasteiger partial charge in [0.25, 0.3) is 0 Å². The molecule has 0 bridgehead atoms. The summed E-state index contributed by atoms with van der Waals surface area (Å²) in [5.41, 5.74) is 14.3. The Morgan fingerprint density at radius 2 is 2.44 bits per heavy atom. The minimum atomic E-state index is -0.626. The van der Waals surface area contributed by atoms with Gasteiger partial charge in [0.2, 0.25) is 0 Å². The molecular weight excluding hydrogens is 206 g/mol. The second-order valence-corrected chi connectivity index (χ2v) is 2.76. The van der Waals surface area contributed by atoms with E-state index in [9.17, 15) is 4.79 Å². The van der Waals surface area contributed by atoms with Crippen molar-refractivity contribution < 1.29 is 4.79 Å². The summed E-state index contributed by atoms with van der Waals surface area (Å²) in [4.78, 5) is 13.2. The number of primary amides is 1. The van der Waals surface area contributed by atoms with E-state index in [1.54, 1.807) is 24.3 Å². The average molecular weight is 215 g/mol. The van der Waals surface area contributed by atoms with Crippen LogP contribution in [0, 0.1) is 11.8 Å². The minimum absolute atomic E-state index is 0.115. The molecule has 0 spiro atoms. The van der Waals surface area contributed by atoms with Crippen molar-refractivity contribution in [3.8, 4) is 11.8 Å². The van der Waals surface area contributed by atoms with Crippen LogP contribution in [0.2, 0.25) is 0 Å². The van der Waals surface area contributed by atoms with Crippen molar-refractivity contribution in [1.29, 1.82) is 0 Å². The molecule has 6 nitrogen and oxygen atoms in total. The second kappa shape index (κ2) is 5.96. The summed E-state index contributed by atoms with van der Waals surface area (Å²) in [6.07, 6.45) is 0. The third-order valence-electron chi connectivity index (χ3n) is 1.58. The van der Waals surface area contributed by atoms with Gasteiger partial charge in [-0.25, -0.2) is 4.79 Å². The highest BCUT2D eigenvalue weighted by Crippen LogP contribution is 2.08. The average Bonchev–Trinajstić information content (AvgIpc) is 2.24. The van der Waals surface area contributed by atoms with Crippen LogP contribution in [0.4, 0.5) is 10.5 Å². The fourth-order valence-electron chi connectivity index (χ4n) is 1.03. The van der Waals surface area contributed by atoms with Gasteiger partial charge in [-0.05, 0) is 23.7 Å². The van der Waals surface area contributed by atoms with E-state index in [4.69, 9.17) is 11.3 Å². The molecule has 1 aromatic carbocycles. The predicted octanol–water partition coefficient (Wildman–Crippen LogP) is 1.84. The fourth-order valence-corrected chi connectivity index (χ4v) is 1.03. The van der Waals surface area contributed by atoms with Gasteiger partial charge in [0.05, 0.1) is 6.54 Å². The number of nitrogens with zero attached hydrogens (tertiary/aromatic N) is 3.